The first-order chi connectivity index (χ1) is 33.4. The second-order valence-electron chi connectivity index (χ2n) is 15.7. The Morgan fingerprint density at radius 3 is 1.41 bits per heavy atom. The van der Waals surface area contributed by atoms with Crippen molar-refractivity contribution < 1.29 is 19.1 Å². The lowest BCUT2D eigenvalue weighted by atomic mass is 9.99. The van der Waals surface area contributed by atoms with Crippen LogP contribution in [0.25, 0.3) is 55.2 Å². The topological polar surface area (TPSA) is 84.9 Å². The summed E-state index contributed by atoms with van der Waals surface area (Å²) in [7, 11) is 0. The monoisotopic (exact) mass is 880 g/mol. The maximum atomic E-state index is 12.2. The predicted octanol–water partition coefficient (Wildman–Crippen LogP) is 14.5. The van der Waals surface area contributed by atoms with Gasteiger partial charge in [0, 0.05) is 64.1 Å². The minimum Gasteiger partial charge on any atom is -0.423 e. The van der Waals surface area contributed by atoms with E-state index in [1.165, 1.54) is 0 Å². The van der Waals surface area contributed by atoms with Crippen LogP contribution in [-0.4, -0.2) is 21.9 Å². The van der Waals surface area contributed by atoms with E-state index in [1.54, 1.807) is 12.4 Å². The number of para-hydroxylation sites is 1. The molecule has 0 amide bonds. The fourth-order valence-corrected chi connectivity index (χ4v) is 8.35. The largest absolute Gasteiger partial charge is 0.423 e. The summed E-state index contributed by atoms with van der Waals surface area (Å²) in [6.07, 6.45) is 5.80. The van der Waals surface area contributed by atoms with E-state index >= 15 is 0 Å². The van der Waals surface area contributed by atoms with E-state index in [0.29, 0.717) is 11.5 Å². The van der Waals surface area contributed by atoms with Crippen molar-refractivity contribution in [3.8, 4) is 45.1 Å². The summed E-state index contributed by atoms with van der Waals surface area (Å²) in [5, 5.41) is 3.67. The number of benzene rings is 7. The summed E-state index contributed by atoms with van der Waals surface area (Å²) in [5.74, 6) is -0.243. The van der Waals surface area contributed by atoms with E-state index in [0.717, 1.165) is 101 Å². The number of aromatic nitrogens is 2. The third kappa shape index (κ3) is 8.79. The van der Waals surface area contributed by atoms with Gasteiger partial charge in [-0.05, 0) is 160 Å². The van der Waals surface area contributed by atoms with Crippen molar-refractivity contribution in [3.63, 3.8) is 0 Å². The van der Waals surface area contributed by atoms with Gasteiger partial charge < -0.3 is 19.3 Å². The summed E-state index contributed by atoms with van der Waals surface area (Å²) in [4.78, 5) is 38.1. The molecule has 0 saturated heterocycles. The van der Waals surface area contributed by atoms with Gasteiger partial charge in [-0.1, -0.05) is 92.0 Å². The molecule has 0 spiro atoms. The van der Waals surface area contributed by atoms with Crippen LogP contribution >= 0.6 is 0 Å². The summed E-state index contributed by atoms with van der Waals surface area (Å²) < 4.78 is 11.2. The quantitative estimate of drug-likeness (QED) is 0.0643. The number of hydrogen-bond donors (Lipinski definition) is 0. The van der Waals surface area contributed by atoms with Crippen LogP contribution < -0.4 is 19.3 Å². The van der Waals surface area contributed by atoms with Crippen LogP contribution in [0.1, 0.15) is 0 Å². The maximum Gasteiger partial charge on any atom is 0.335 e. The Morgan fingerprint density at radius 2 is 0.941 bits per heavy atom. The lowest BCUT2D eigenvalue weighted by molar-refractivity contribution is -0.129. The first kappa shape index (κ1) is 42.4. The Morgan fingerprint density at radius 1 is 0.471 bits per heavy atom. The maximum absolute atomic E-state index is 12.2. The molecule has 0 unspecified atom stereocenters. The summed E-state index contributed by atoms with van der Waals surface area (Å²) in [5.41, 5.74) is 10.8. The van der Waals surface area contributed by atoms with Crippen LogP contribution in [0, 0.1) is 12.1 Å². The summed E-state index contributed by atoms with van der Waals surface area (Å²) in [6.45, 7) is 7.11. The minimum atomic E-state index is -0.535. The second-order valence-corrected chi connectivity index (χ2v) is 15.7. The van der Waals surface area contributed by atoms with E-state index < -0.39 is 11.9 Å². The number of pyridine rings is 2. The normalized spacial score (nSPS) is 10.8. The molecule has 0 radical (unpaired) electrons. The Balaban J connectivity index is 0.999. The van der Waals surface area contributed by atoms with Crippen molar-refractivity contribution in [2.45, 2.75) is 0 Å². The molecule has 10 rings (SSSR count). The highest BCUT2D eigenvalue weighted by Gasteiger charge is 2.19. The van der Waals surface area contributed by atoms with Crippen LogP contribution in [0.2, 0.25) is 0 Å². The molecular weight excluding hydrogens is 841 g/mol. The lowest BCUT2D eigenvalue weighted by Gasteiger charge is -2.26. The molecule has 0 saturated carbocycles. The number of ether oxygens (including phenoxy) is 2. The zero-order valence-electron chi connectivity index (χ0n) is 36.6. The van der Waals surface area contributed by atoms with Crippen molar-refractivity contribution in [1.82, 2.24) is 9.97 Å². The average molecular weight is 881 g/mol. The lowest BCUT2D eigenvalue weighted by Crippen LogP contribution is -2.10. The third-order valence-corrected chi connectivity index (χ3v) is 11.5. The molecule has 8 nitrogen and oxygen atoms in total. The van der Waals surface area contributed by atoms with Gasteiger partial charge in [0.25, 0.3) is 0 Å². The molecule has 0 aliphatic heterocycles. The van der Waals surface area contributed by atoms with E-state index in [2.05, 4.69) is 124 Å². The van der Waals surface area contributed by atoms with Crippen LogP contribution in [0.15, 0.2) is 232 Å². The van der Waals surface area contributed by atoms with Gasteiger partial charge in [0.05, 0.1) is 17.1 Å². The van der Waals surface area contributed by atoms with Gasteiger partial charge in [-0.2, -0.15) is 0 Å². The fourth-order valence-electron chi connectivity index (χ4n) is 8.35. The second kappa shape index (κ2) is 18.9. The summed E-state index contributed by atoms with van der Waals surface area (Å²) in [6, 6.07) is 70.9. The number of carbonyl (C=O) groups is 2. The smallest absolute Gasteiger partial charge is 0.335 e. The van der Waals surface area contributed by atoms with Crippen molar-refractivity contribution in [3.05, 3.63) is 244 Å². The number of carbonyl (C=O) groups excluding carboxylic acids is 2. The number of rotatable bonds is 13. The molecule has 10 aromatic rings. The minimum absolute atomic E-state index is 0.406. The number of esters is 2. The molecule has 0 bridgehead atoms. The van der Waals surface area contributed by atoms with Crippen LogP contribution in [0.4, 0.5) is 34.1 Å². The highest BCUT2D eigenvalue weighted by Crippen LogP contribution is 2.42. The molecule has 0 fully saturated rings. The van der Waals surface area contributed by atoms with E-state index in [-0.39, 0.29) is 0 Å². The van der Waals surface area contributed by atoms with E-state index in [1.807, 2.05) is 115 Å². The Labute approximate surface area is 394 Å². The number of fused-ring (bicyclic) bond motifs is 2. The zero-order chi connectivity index (χ0) is 46.4. The van der Waals surface area contributed by atoms with Crippen molar-refractivity contribution in [1.29, 1.82) is 0 Å². The molecule has 2 heterocycles. The van der Waals surface area contributed by atoms with Crippen molar-refractivity contribution in [2.75, 3.05) is 9.80 Å². The Hall–Kier alpha value is -9.58. The molecule has 8 aromatic carbocycles. The van der Waals surface area contributed by atoms with Crippen LogP contribution in [-0.2, 0) is 9.59 Å². The Bertz CT molecular complexity index is 3220. The van der Waals surface area contributed by atoms with Crippen molar-refractivity contribution in [2.24, 2.45) is 0 Å². The predicted molar refractivity (Wildman–Crippen MR) is 272 cm³/mol. The molecule has 2 aromatic heterocycles. The number of hydrogen-bond acceptors (Lipinski definition) is 8. The van der Waals surface area contributed by atoms with Gasteiger partial charge in [-0.25, -0.2) is 9.59 Å². The molecule has 8 heteroatoms. The third-order valence-electron chi connectivity index (χ3n) is 11.5. The standard InChI is InChI=1S/C60H40N4O4/c1-3-59(65)67-51-35-43-25-31-49(37-53(43)55(39-51)57-19-11-13-33-61-57)63(45-15-7-5-8-16-45)47-27-21-41(22-28-47)42-23-29-48(30-24-42)64(46-17-9-6-10-18-46)50-32-26-44-36-52(68-60(66)4-2)40-56(54(44)38-50)58-20-12-14-34-62-58/h3-9,11-17,19-40H,1-2H2. The van der Waals surface area contributed by atoms with E-state index in [4.69, 9.17) is 9.47 Å². The first-order valence-corrected chi connectivity index (χ1v) is 21.8. The molecule has 324 valence electrons. The van der Waals surface area contributed by atoms with Gasteiger partial charge >= 0.3 is 11.9 Å². The van der Waals surface area contributed by atoms with Gasteiger partial charge in [0.15, 0.2) is 0 Å². The van der Waals surface area contributed by atoms with Gasteiger partial charge in [-0.3, -0.25) is 9.97 Å². The molecule has 0 N–H and O–H groups in total. The molecule has 0 aliphatic rings. The fraction of sp³-hybridized carbons (Fsp3) is 0. The Kier molecular flexibility index (Phi) is 11.8. The molecule has 0 atom stereocenters. The molecule has 0 aliphatic carbocycles. The number of nitrogens with zero attached hydrogens (tertiary/aromatic N) is 4. The first-order valence-electron chi connectivity index (χ1n) is 21.8. The average Bonchev–Trinajstić information content (AvgIpc) is 3.40. The SMILES string of the molecule is C=CC(=O)Oc1cc(-c2ccccn2)c2cc(N(c3c#cccc3)c3ccc(-c4ccc(N(c5ccccc5)c5ccc6cc(OC(=O)C=C)cc(-c7ccccn7)c6c5)cc4)cc3)ccc2c1. The zero-order valence-corrected chi connectivity index (χ0v) is 36.6. The van der Waals surface area contributed by atoms with E-state index in [9.17, 15) is 9.59 Å². The molecular formula is C60H40N4O4. The molecule has 68 heavy (non-hydrogen) atoms. The van der Waals surface area contributed by atoms with Crippen LogP contribution in [0.5, 0.6) is 11.5 Å². The highest BCUT2D eigenvalue weighted by molar-refractivity contribution is 6.02. The highest BCUT2D eigenvalue weighted by atomic mass is 16.5. The summed E-state index contributed by atoms with van der Waals surface area (Å²) >= 11 is 0. The number of anilines is 6. The van der Waals surface area contributed by atoms with Crippen molar-refractivity contribution >= 4 is 67.6 Å². The van der Waals surface area contributed by atoms with Crippen LogP contribution in [0.3, 0.4) is 0 Å². The van der Waals surface area contributed by atoms with Gasteiger partial charge in [0.2, 0.25) is 0 Å². The van der Waals surface area contributed by atoms with Gasteiger partial charge in [-0.15, -0.1) is 0 Å². The van der Waals surface area contributed by atoms with Gasteiger partial charge in [0.1, 0.15) is 11.5 Å².